The summed E-state index contributed by atoms with van der Waals surface area (Å²) in [6, 6.07) is 1.58. The first-order valence-corrected chi connectivity index (χ1v) is 9.14. The van der Waals surface area contributed by atoms with E-state index in [0.717, 1.165) is 43.2 Å². The molecule has 6 nitrogen and oxygen atoms in total. The molecule has 0 radical (unpaired) electrons. The van der Waals surface area contributed by atoms with Crippen molar-refractivity contribution < 1.29 is 14.3 Å². The van der Waals surface area contributed by atoms with Crippen LogP contribution in [0.1, 0.15) is 43.2 Å². The van der Waals surface area contributed by atoms with Crippen molar-refractivity contribution in [1.29, 1.82) is 0 Å². The Kier molecular flexibility index (Phi) is 5.68. The number of nitrogens with zero attached hydrogens (tertiary/aromatic N) is 3. The van der Waals surface area contributed by atoms with E-state index in [2.05, 4.69) is 4.98 Å². The van der Waals surface area contributed by atoms with E-state index >= 15 is 0 Å². The highest BCUT2D eigenvalue weighted by Gasteiger charge is 2.38. The van der Waals surface area contributed by atoms with Gasteiger partial charge in [-0.05, 0) is 56.2 Å². The van der Waals surface area contributed by atoms with Crippen LogP contribution in [-0.4, -0.2) is 58.9 Å². The van der Waals surface area contributed by atoms with Gasteiger partial charge in [-0.3, -0.25) is 14.6 Å². The zero-order chi connectivity index (χ0) is 17.8. The predicted molar refractivity (Wildman–Crippen MR) is 93.8 cm³/mol. The zero-order valence-electron chi connectivity index (χ0n) is 15.1. The lowest BCUT2D eigenvalue weighted by Crippen LogP contribution is -2.54. The van der Waals surface area contributed by atoms with Crippen molar-refractivity contribution in [3.8, 4) is 0 Å². The van der Waals surface area contributed by atoms with E-state index in [9.17, 15) is 9.59 Å². The molecular weight excluding hydrogens is 318 g/mol. The summed E-state index contributed by atoms with van der Waals surface area (Å²) in [7, 11) is 1.80. The molecule has 2 amide bonds. The Bertz CT molecular complexity index is 628. The molecule has 0 N–H and O–H groups in total. The maximum absolute atomic E-state index is 13.0. The molecule has 2 atom stereocenters. The van der Waals surface area contributed by atoms with Crippen molar-refractivity contribution in [2.45, 2.75) is 57.7 Å². The number of aryl methyl sites for hydroxylation is 1. The molecule has 0 bridgehead atoms. The lowest BCUT2D eigenvalue weighted by molar-refractivity contribution is -0.153. The van der Waals surface area contributed by atoms with Crippen LogP contribution in [0.5, 0.6) is 0 Å². The molecule has 136 valence electrons. The first kappa shape index (κ1) is 17.9. The van der Waals surface area contributed by atoms with Crippen LogP contribution < -0.4 is 0 Å². The number of likely N-dealkylation sites (tertiary alicyclic amines) is 1. The van der Waals surface area contributed by atoms with E-state index in [0.29, 0.717) is 19.7 Å². The Morgan fingerprint density at radius 3 is 2.88 bits per heavy atom. The lowest BCUT2D eigenvalue weighted by atomic mass is 9.99. The molecule has 2 aliphatic heterocycles. The predicted octanol–water partition coefficient (Wildman–Crippen LogP) is 1.91. The number of rotatable bonds is 4. The largest absolute Gasteiger partial charge is 0.368 e. The van der Waals surface area contributed by atoms with Crippen LogP contribution in [-0.2, 0) is 20.9 Å². The number of ether oxygens (including phenoxy) is 1. The normalized spacial score (nSPS) is 23.5. The van der Waals surface area contributed by atoms with Gasteiger partial charge in [0.2, 0.25) is 5.91 Å². The Hall–Kier alpha value is -1.95. The molecule has 2 saturated heterocycles. The van der Waals surface area contributed by atoms with Gasteiger partial charge in [-0.15, -0.1) is 0 Å². The quantitative estimate of drug-likeness (QED) is 0.836. The summed E-state index contributed by atoms with van der Waals surface area (Å²) in [5, 5.41) is 0. The number of carbonyl (C=O) groups excluding carboxylic acids is 2. The van der Waals surface area contributed by atoms with Gasteiger partial charge in [0, 0.05) is 39.1 Å². The van der Waals surface area contributed by atoms with Crippen molar-refractivity contribution in [3.05, 3.63) is 29.6 Å². The van der Waals surface area contributed by atoms with Gasteiger partial charge in [-0.25, -0.2) is 0 Å². The standard InChI is InChI=1S/C19H27N3O3/c1-14-8-9-20-12-15(14)13-21(2)18(23)16-6-3-4-10-22(16)19(24)17-7-5-11-25-17/h8-9,12,16-17H,3-7,10-11,13H2,1-2H3/t16-,17+/m0/s1. The first-order valence-electron chi connectivity index (χ1n) is 9.14. The number of likely N-dealkylation sites (N-methyl/N-ethyl adjacent to an activating group) is 1. The third-order valence-electron chi connectivity index (χ3n) is 5.21. The summed E-state index contributed by atoms with van der Waals surface area (Å²) in [5.41, 5.74) is 2.15. The van der Waals surface area contributed by atoms with Crippen molar-refractivity contribution in [3.63, 3.8) is 0 Å². The molecule has 3 heterocycles. The summed E-state index contributed by atoms with van der Waals surface area (Å²) < 4.78 is 5.54. The maximum atomic E-state index is 13.0. The van der Waals surface area contributed by atoms with E-state index in [1.807, 2.05) is 13.0 Å². The minimum Gasteiger partial charge on any atom is -0.368 e. The summed E-state index contributed by atoms with van der Waals surface area (Å²) in [6.45, 7) is 3.82. The molecule has 2 fully saturated rings. The van der Waals surface area contributed by atoms with Gasteiger partial charge < -0.3 is 14.5 Å². The highest BCUT2D eigenvalue weighted by atomic mass is 16.5. The van der Waals surface area contributed by atoms with E-state index in [4.69, 9.17) is 4.74 Å². The second-order valence-electron chi connectivity index (χ2n) is 7.04. The van der Waals surface area contributed by atoms with E-state index in [1.54, 1.807) is 29.2 Å². The fourth-order valence-corrected chi connectivity index (χ4v) is 3.66. The Morgan fingerprint density at radius 1 is 1.32 bits per heavy atom. The second kappa shape index (κ2) is 7.95. The van der Waals surface area contributed by atoms with Crippen LogP contribution >= 0.6 is 0 Å². The van der Waals surface area contributed by atoms with Crippen molar-refractivity contribution >= 4 is 11.8 Å². The molecule has 0 spiro atoms. The highest BCUT2D eigenvalue weighted by molar-refractivity contribution is 5.89. The number of carbonyl (C=O) groups is 2. The molecule has 0 unspecified atom stereocenters. The average Bonchev–Trinajstić information content (AvgIpc) is 3.17. The highest BCUT2D eigenvalue weighted by Crippen LogP contribution is 2.24. The summed E-state index contributed by atoms with van der Waals surface area (Å²) in [6.07, 6.45) is 7.54. The third-order valence-corrected chi connectivity index (χ3v) is 5.21. The summed E-state index contributed by atoms with van der Waals surface area (Å²) in [4.78, 5) is 33.4. The smallest absolute Gasteiger partial charge is 0.252 e. The van der Waals surface area contributed by atoms with Crippen molar-refractivity contribution in [1.82, 2.24) is 14.8 Å². The molecule has 1 aromatic rings. The van der Waals surface area contributed by atoms with Crippen molar-refractivity contribution in [2.75, 3.05) is 20.2 Å². The van der Waals surface area contributed by atoms with E-state index in [1.165, 1.54) is 0 Å². The minimum absolute atomic E-state index is 0.00861. The zero-order valence-corrected chi connectivity index (χ0v) is 15.1. The molecule has 25 heavy (non-hydrogen) atoms. The molecule has 0 saturated carbocycles. The summed E-state index contributed by atoms with van der Waals surface area (Å²) >= 11 is 0. The number of piperidine rings is 1. The van der Waals surface area contributed by atoms with E-state index in [-0.39, 0.29) is 24.0 Å². The van der Waals surface area contributed by atoms with Crippen molar-refractivity contribution in [2.24, 2.45) is 0 Å². The molecular formula is C19H27N3O3. The molecule has 0 aromatic carbocycles. The van der Waals surface area contributed by atoms with Gasteiger partial charge in [-0.2, -0.15) is 0 Å². The molecule has 1 aromatic heterocycles. The minimum atomic E-state index is -0.368. The lowest BCUT2D eigenvalue weighted by Gasteiger charge is -2.38. The second-order valence-corrected chi connectivity index (χ2v) is 7.04. The molecule has 3 rings (SSSR count). The third kappa shape index (κ3) is 4.00. The number of hydrogen-bond acceptors (Lipinski definition) is 4. The SMILES string of the molecule is Cc1ccncc1CN(C)C(=O)[C@@H]1CCCCN1C(=O)[C@H]1CCCO1. The Morgan fingerprint density at radius 2 is 2.16 bits per heavy atom. The topological polar surface area (TPSA) is 62.7 Å². The van der Waals surface area contributed by atoms with Crippen LogP contribution in [0.3, 0.4) is 0 Å². The number of pyridine rings is 1. The van der Waals surface area contributed by atoms with Crippen LogP contribution in [0.15, 0.2) is 18.5 Å². The molecule has 0 aliphatic carbocycles. The number of hydrogen-bond donors (Lipinski definition) is 0. The van der Waals surface area contributed by atoms with Crippen LogP contribution in [0.4, 0.5) is 0 Å². The van der Waals surface area contributed by atoms with Crippen LogP contribution in [0, 0.1) is 6.92 Å². The maximum Gasteiger partial charge on any atom is 0.252 e. The van der Waals surface area contributed by atoms with Gasteiger partial charge in [0.05, 0.1) is 0 Å². The first-order chi connectivity index (χ1) is 12.1. The molecule has 6 heteroatoms. The summed E-state index contributed by atoms with van der Waals surface area (Å²) in [5.74, 6) is -0.00388. The fourth-order valence-electron chi connectivity index (χ4n) is 3.66. The molecule has 2 aliphatic rings. The average molecular weight is 345 g/mol. The van der Waals surface area contributed by atoms with Gasteiger partial charge >= 0.3 is 0 Å². The monoisotopic (exact) mass is 345 g/mol. The Labute approximate surface area is 149 Å². The van der Waals surface area contributed by atoms with Crippen LogP contribution in [0.25, 0.3) is 0 Å². The number of amides is 2. The number of aromatic nitrogens is 1. The van der Waals surface area contributed by atoms with E-state index < -0.39 is 0 Å². The van der Waals surface area contributed by atoms with Crippen LogP contribution in [0.2, 0.25) is 0 Å². The Balaban J connectivity index is 1.69. The van der Waals surface area contributed by atoms with Gasteiger partial charge in [-0.1, -0.05) is 0 Å². The fraction of sp³-hybridized carbons (Fsp3) is 0.632. The van der Waals surface area contributed by atoms with Gasteiger partial charge in [0.25, 0.3) is 5.91 Å². The van der Waals surface area contributed by atoms with Gasteiger partial charge in [0.1, 0.15) is 12.1 Å². The van der Waals surface area contributed by atoms with Gasteiger partial charge in [0.15, 0.2) is 0 Å².